The number of nitrogens with zero attached hydrogens (tertiary/aromatic N) is 4. The van der Waals surface area contributed by atoms with E-state index in [0.29, 0.717) is 12.2 Å². The Morgan fingerprint density at radius 1 is 1.12 bits per heavy atom. The van der Waals surface area contributed by atoms with E-state index in [1.807, 2.05) is 43.5 Å². The van der Waals surface area contributed by atoms with Gasteiger partial charge in [-0.2, -0.15) is 0 Å². The number of anilines is 2. The van der Waals surface area contributed by atoms with Crippen molar-refractivity contribution in [1.29, 1.82) is 0 Å². The van der Waals surface area contributed by atoms with Crippen molar-refractivity contribution in [2.75, 3.05) is 18.1 Å². The molecule has 174 valence electrons. The van der Waals surface area contributed by atoms with Gasteiger partial charge in [-0.25, -0.2) is 15.0 Å². The van der Waals surface area contributed by atoms with Crippen molar-refractivity contribution in [3.63, 3.8) is 0 Å². The van der Waals surface area contributed by atoms with E-state index in [2.05, 4.69) is 24.8 Å². The van der Waals surface area contributed by atoms with E-state index in [1.165, 1.54) is 11.3 Å². The fraction of sp³-hybridized carbons (Fsp3) is 0.346. The van der Waals surface area contributed by atoms with Crippen LogP contribution in [0.25, 0.3) is 28.0 Å². The molecule has 0 amide bonds. The Morgan fingerprint density at radius 2 is 1.97 bits per heavy atom. The van der Waals surface area contributed by atoms with Crippen molar-refractivity contribution in [3.05, 3.63) is 59.6 Å². The number of rotatable bonds is 4. The van der Waals surface area contributed by atoms with Gasteiger partial charge in [0.25, 0.3) is 0 Å². The molecule has 4 aromatic rings. The lowest BCUT2D eigenvalue weighted by atomic mass is 10.0. The van der Waals surface area contributed by atoms with Gasteiger partial charge in [0.2, 0.25) is 0 Å². The Hall–Kier alpha value is -3.49. The highest BCUT2D eigenvalue weighted by Gasteiger charge is 2.43. The van der Waals surface area contributed by atoms with Crippen LogP contribution < -0.4 is 11.1 Å². The van der Waals surface area contributed by atoms with Crippen LogP contribution in [0.15, 0.2) is 42.7 Å². The van der Waals surface area contributed by atoms with Crippen molar-refractivity contribution in [1.82, 2.24) is 19.5 Å². The molecular weight excluding hydrogens is 428 g/mol. The van der Waals surface area contributed by atoms with Crippen molar-refractivity contribution in [3.8, 4) is 0 Å². The third-order valence-electron chi connectivity index (χ3n) is 7.38. The Labute approximate surface area is 197 Å². The average Bonchev–Trinajstić information content (AvgIpc) is 3.51. The van der Waals surface area contributed by atoms with E-state index in [4.69, 9.17) is 5.73 Å². The number of fused-ring (bicyclic) bond motifs is 4. The zero-order valence-electron chi connectivity index (χ0n) is 19.0. The van der Waals surface area contributed by atoms with Crippen LogP contribution in [0, 0.1) is 5.92 Å². The highest BCUT2D eigenvalue weighted by molar-refractivity contribution is 5.92. The number of aromatic nitrogens is 4. The molecule has 0 bridgehead atoms. The molecule has 0 aliphatic heterocycles. The maximum Gasteiger partial charge on any atom is 0.146 e. The van der Waals surface area contributed by atoms with Crippen LogP contribution in [0.4, 0.5) is 11.6 Å². The number of hydrogen-bond acceptors (Lipinski definition) is 7. The third kappa shape index (κ3) is 3.25. The van der Waals surface area contributed by atoms with E-state index >= 15 is 0 Å². The Morgan fingerprint density at radius 3 is 2.82 bits per heavy atom. The minimum Gasteiger partial charge on any atom is -0.390 e. The normalized spacial score (nSPS) is 24.4. The first-order chi connectivity index (χ1) is 16.5. The fourth-order valence-electron chi connectivity index (χ4n) is 5.75. The number of aryl methyl sites for hydroxylation is 1. The quantitative estimate of drug-likeness (QED) is 0.372. The van der Waals surface area contributed by atoms with Crippen molar-refractivity contribution >= 4 is 39.6 Å². The molecule has 0 radical (unpaired) electrons. The van der Waals surface area contributed by atoms with E-state index in [-0.39, 0.29) is 12.0 Å². The second kappa shape index (κ2) is 8.07. The molecule has 1 aromatic carbocycles. The molecule has 0 unspecified atom stereocenters. The number of aliphatic hydroxyl groups is 2. The van der Waals surface area contributed by atoms with Crippen molar-refractivity contribution < 1.29 is 10.2 Å². The van der Waals surface area contributed by atoms with Gasteiger partial charge in [0.05, 0.1) is 23.0 Å². The molecule has 1 fully saturated rings. The van der Waals surface area contributed by atoms with Crippen LogP contribution in [0.5, 0.6) is 0 Å². The summed E-state index contributed by atoms with van der Waals surface area (Å²) in [4.78, 5) is 13.4. The van der Waals surface area contributed by atoms with Gasteiger partial charge in [-0.05, 0) is 55.0 Å². The number of nitrogen functional groups attached to an aromatic ring is 1. The Balaban J connectivity index is 1.33. The van der Waals surface area contributed by atoms with Gasteiger partial charge in [-0.3, -0.25) is 0 Å². The summed E-state index contributed by atoms with van der Waals surface area (Å²) < 4.78 is 2.17. The topological polar surface area (TPSA) is 122 Å². The molecule has 6 rings (SSSR count). The van der Waals surface area contributed by atoms with Crippen LogP contribution >= 0.6 is 0 Å². The standard InChI is InChI=1S/C26H28N6O2/c1-28-25-22-17-3-2-4-19(17)32(26(22)30-13-29-25)20-12-16(23(33)24(20)34)8-6-14-5-7-15-9-10-21(27)31-18(15)11-14/h5-11,13,16,20,23-24,33-34H,2-4,12H2,1H3,(H2,27,31)(H,28,29,30)/b8-6+/t16-,20+,23+,24-/m0/s1. The van der Waals surface area contributed by atoms with E-state index in [9.17, 15) is 10.2 Å². The van der Waals surface area contributed by atoms with Gasteiger partial charge >= 0.3 is 0 Å². The van der Waals surface area contributed by atoms with Crippen LogP contribution in [0.1, 0.15) is 35.7 Å². The Bertz CT molecular complexity index is 1430. The highest BCUT2D eigenvalue weighted by atomic mass is 16.3. The molecule has 5 N–H and O–H groups in total. The second-order valence-corrected chi connectivity index (χ2v) is 9.32. The third-order valence-corrected chi connectivity index (χ3v) is 7.38. The molecule has 1 saturated carbocycles. The molecule has 0 saturated heterocycles. The molecular formula is C26H28N6O2. The van der Waals surface area contributed by atoms with E-state index in [0.717, 1.165) is 52.6 Å². The van der Waals surface area contributed by atoms with Crippen LogP contribution in [-0.2, 0) is 12.8 Å². The average molecular weight is 457 g/mol. The minimum atomic E-state index is -0.874. The number of benzene rings is 1. The van der Waals surface area contributed by atoms with Crippen LogP contribution in [0.2, 0.25) is 0 Å². The number of nitrogens with two attached hydrogens (primary N) is 1. The van der Waals surface area contributed by atoms with Gasteiger partial charge in [0, 0.05) is 24.0 Å². The number of pyridine rings is 1. The SMILES string of the molecule is CNc1ncnc2c1c1c(n2[C@@H]2C[C@H](/C=C/c3ccc4ccc(N)nc4c3)[C@@H](O)[C@H]2O)CCC1. The smallest absolute Gasteiger partial charge is 0.146 e. The predicted octanol–water partition coefficient (Wildman–Crippen LogP) is 3.09. The maximum atomic E-state index is 11.1. The summed E-state index contributed by atoms with van der Waals surface area (Å²) in [5.41, 5.74) is 11.0. The summed E-state index contributed by atoms with van der Waals surface area (Å²) in [6, 6.07) is 9.52. The largest absolute Gasteiger partial charge is 0.390 e. The first-order valence-corrected chi connectivity index (χ1v) is 11.8. The molecule has 0 spiro atoms. The molecule has 3 heterocycles. The first-order valence-electron chi connectivity index (χ1n) is 11.8. The van der Waals surface area contributed by atoms with Crippen molar-refractivity contribution in [2.24, 2.45) is 5.92 Å². The summed E-state index contributed by atoms with van der Waals surface area (Å²) in [5, 5.41) is 27.3. The number of aliphatic hydroxyl groups excluding tert-OH is 2. The second-order valence-electron chi connectivity index (χ2n) is 9.32. The van der Waals surface area contributed by atoms with Crippen molar-refractivity contribution in [2.45, 2.75) is 43.9 Å². The molecule has 8 nitrogen and oxygen atoms in total. The summed E-state index contributed by atoms with van der Waals surface area (Å²) in [6.07, 6.45) is 7.47. The lowest BCUT2D eigenvalue weighted by molar-refractivity contribution is 0.0136. The molecule has 34 heavy (non-hydrogen) atoms. The monoisotopic (exact) mass is 456 g/mol. The lowest BCUT2D eigenvalue weighted by Gasteiger charge is -2.21. The van der Waals surface area contributed by atoms with E-state index < -0.39 is 12.2 Å². The predicted molar refractivity (Wildman–Crippen MR) is 133 cm³/mol. The Kier molecular flexibility index (Phi) is 5.00. The maximum absolute atomic E-state index is 11.1. The molecule has 3 aromatic heterocycles. The summed E-state index contributed by atoms with van der Waals surface area (Å²) in [7, 11) is 1.87. The van der Waals surface area contributed by atoms with Crippen LogP contribution in [0.3, 0.4) is 0 Å². The minimum absolute atomic E-state index is 0.176. The van der Waals surface area contributed by atoms with Gasteiger partial charge in [0.15, 0.2) is 0 Å². The lowest BCUT2D eigenvalue weighted by Crippen LogP contribution is -2.29. The zero-order valence-corrected chi connectivity index (χ0v) is 19.0. The molecule has 2 aliphatic rings. The number of hydrogen-bond donors (Lipinski definition) is 4. The summed E-state index contributed by atoms with van der Waals surface area (Å²) in [6.45, 7) is 0. The highest BCUT2D eigenvalue weighted by Crippen LogP contribution is 2.43. The van der Waals surface area contributed by atoms with E-state index in [1.54, 1.807) is 12.4 Å². The molecule has 2 aliphatic carbocycles. The van der Waals surface area contributed by atoms with Gasteiger partial charge in [0.1, 0.15) is 29.7 Å². The first kappa shape index (κ1) is 21.1. The van der Waals surface area contributed by atoms with Gasteiger partial charge in [-0.1, -0.05) is 24.3 Å². The van der Waals surface area contributed by atoms with Gasteiger partial charge < -0.3 is 25.8 Å². The fourth-order valence-corrected chi connectivity index (χ4v) is 5.75. The molecule has 8 heteroatoms. The number of nitrogens with one attached hydrogen (secondary N) is 1. The summed E-state index contributed by atoms with van der Waals surface area (Å²) in [5.74, 6) is 1.13. The molecule has 4 atom stereocenters. The van der Waals surface area contributed by atoms with Gasteiger partial charge in [-0.15, -0.1) is 0 Å². The summed E-state index contributed by atoms with van der Waals surface area (Å²) >= 11 is 0. The van der Waals surface area contributed by atoms with Crippen LogP contribution in [-0.4, -0.2) is 49.0 Å². The zero-order chi connectivity index (χ0) is 23.4.